The molecule has 0 aliphatic rings. The summed E-state index contributed by atoms with van der Waals surface area (Å²) in [4.78, 5) is 4.74. The second-order valence-corrected chi connectivity index (χ2v) is 11.3. The molecule has 0 aliphatic heterocycles. The van der Waals surface area contributed by atoms with Gasteiger partial charge in [-0.3, -0.25) is 0 Å². The van der Waals surface area contributed by atoms with Gasteiger partial charge in [0.05, 0.1) is 0 Å². The first-order chi connectivity index (χ1) is 2.27. The van der Waals surface area contributed by atoms with Gasteiger partial charge in [-0.15, -0.1) is 0 Å². The topological polar surface area (TPSA) is 0 Å². The van der Waals surface area contributed by atoms with E-state index in [1.54, 1.807) is 0 Å². The Morgan fingerprint density at radius 3 is 1.80 bits per heavy atom. The fourth-order valence-electron chi connectivity index (χ4n) is 0. The summed E-state index contributed by atoms with van der Waals surface area (Å²) in [6.45, 7) is 3.78. The van der Waals surface area contributed by atoms with Gasteiger partial charge in [0, 0.05) is 0 Å². The van der Waals surface area contributed by atoms with Crippen LogP contribution in [0.1, 0.15) is 0 Å². The average molecular weight is 178 g/mol. The predicted octanol–water partition coefficient (Wildman–Crippen LogP) is 1.31. The van der Waals surface area contributed by atoms with Crippen LogP contribution in [0.15, 0.2) is 0 Å². The Kier molecular flexibility index (Phi) is 3.49. The summed E-state index contributed by atoms with van der Waals surface area (Å²) < 4.78 is 1.27. The van der Waals surface area contributed by atoms with Crippen molar-refractivity contribution in [3.8, 4) is 0 Å². The molecule has 0 unspecified atom stereocenters. The van der Waals surface area contributed by atoms with Crippen molar-refractivity contribution in [2.24, 2.45) is 0 Å². The molecule has 0 rings (SSSR count). The van der Waals surface area contributed by atoms with E-state index in [2.05, 4.69) is 16.8 Å². The minimum atomic E-state index is -0.790. The first kappa shape index (κ1) is 5.80. The first-order valence-electron chi connectivity index (χ1n) is 2.06. The molecular formula is C4H11Sn. The molecule has 0 saturated heterocycles. The number of rotatable bonds is 1. The molecule has 0 aliphatic carbocycles. The molecule has 0 heterocycles. The predicted molar refractivity (Wildman–Crippen MR) is 29.0 cm³/mol. The molecular weight excluding hydrogens is 167 g/mol. The standard InChI is InChI=1S/C2H4.2CH3.Sn.H/c1-2;;;;/h1-2H2;2*1H3;;. The van der Waals surface area contributed by atoms with E-state index in [4.69, 9.17) is 0 Å². The molecule has 1 heteroatoms. The van der Waals surface area contributed by atoms with E-state index in [0.29, 0.717) is 0 Å². The van der Waals surface area contributed by atoms with Crippen LogP contribution in [0.2, 0.25) is 14.3 Å². The minimum absolute atomic E-state index is 0.790. The Morgan fingerprint density at radius 1 is 1.60 bits per heavy atom. The maximum atomic E-state index is 3.78. The van der Waals surface area contributed by atoms with Crippen LogP contribution in [0.3, 0.4) is 0 Å². The molecule has 0 nitrogen and oxygen atoms in total. The van der Waals surface area contributed by atoms with E-state index in [1.165, 1.54) is 4.44 Å². The van der Waals surface area contributed by atoms with Crippen LogP contribution in [-0.4, -0.2) is 19.8 Å². The van der Waals surface area contributed by atoms with Crippen molar-refractivity contribution in [2.45, 2.75) is 14.3 Å². The van der Waals surface area contributed by atoms with E-state index < -0.39 is 19.8 Å². The quantitative estimate of drug-likeness (QED) is 0.530. The number of hydrogen-bond acceptors (Lipinski definition) is 0. The third-order valence-corrected chi connectivity index (χ3v) is 3.87. The van der Waals surface area contributed by atoms with Crippen LogP contribution in [0.5, 0.6) is 0 Å². The van der Waals surface area contributed by atoms with Crippen LogP contribution in [0.4, 0.5) is 0 Å². The SMILES string of the molecule is [CH2][CH2][SnH]([CH3])[CH3]. The van der Waals surface area contributed by atoms with Gasteiger partial charge in [0.25, 0.3) is 0 Å². The van der Waals surface area contributed by atoms with Crippen LogP contribution in [0.25, 0.3) is 0 Å². The summed E-state index contributed by atoms with van der Waals surface area (Å²) in [7, 11) is 0. The van der Waals surface area contributed by atoms with Crippen molar-refractivity contribution in [3.05, 3.63) is 6.92 Å². The molecule has 0 spiro atoms. The zero-order valence-electron chi connectivity index (χ0n) is 3.99. The van der Waals surface area contributed by atoms with Crippen molar-refractivity contribution in [3.63, 3.8) is 0 Å². The summed E-state index contributed by atoms with van der Waals surface area (Å²) in [5.74, 6) is 0. The molecule has 0 saturated carbocycles. The second kappa shape index (κ2) is 3.01. The molecule has 31 valence electrons. The zero-order valence-corrected chi connectivity index (χ0v) is 7.29. The molecule has 0 bridgehead atoms. The Morgan fingerprint density at radius 2 is 1.80 bits per heavy atom. The Labute approximate surface area is 41.3 Å². The van der Waals surface area contributed by atoms with Gasteiger partial charge in [0.2, 0.25) is 0 Å². The summed E-state index contributed by atoms with van der Waals surface area (Å²) in [5, 5.41) is 0. The van der Waals surface area contributed by atoms with Crippen molar-refractivity contribution in [1.29, 1.82) is 0 Å². The summed E-state index contributed by atoms with van der Waals surface area (Å²) in [6.07, 6.45) is 0. The van der Waals surface area contributed by atoms with Gasteiger partial charge in [-0.2, -0.15) is 0 Å². The molecule has 0 atom stereocenters. The normalized spacial score (nSPS) is 9.60. The summed E-state index contributed by atoms with van der Waals surface area (Å²) in [6, 6.07) is 0. The monoisotopic (exact) mass is 179 g/mol. The molecule has 1 radical (unpaired) electrons. The third kappa shape index (κ3) is 4.80. The fourth-order valence-corrected chi connectivity index (χ4v) is 0. The van der Waals surface area contributed by atoms with Crippen LogP contribution >= 0.6 is 0 Å². The van der Waals surface area contributed by atoms with Gasteiger partial charge in [0.1, 0.15) is 0 Å². The van der Waals surface area contributed by atoms with Gasteiger partial charge >= 0.3 is 41.0 Å². The Bertz CT molecular complexity index is 17.6. The third-order valence-electron chi connectivity index (χ3n) is 0.577. The van der Waals surface area contributed by atoms with E-state index >= 15 is 0 Å². The van der Waals surface area contributed by atoms with Crippen molar-refractivity contribution in [1.82, 2.24) is 0 Å². The van der Waals surface area contributed by atoms with Crippen molar-refractivity contribution < 1.29 is 0 Å². The second-order valence-electron chi connectivity index (χ2n) is 1.68. The average Bonchev–Trinajstić information content (AvgIpc) is 1.38. The first-order valence-corrected chi connectivity index (χ1v) is 11.0. The molecule has 0 N–H and O–H groups in total. The molecule has 0 fully saturated rings. The number of hydrogen-bond donors (Lipinski definition) is 0. The van der Waals surface area contributed by atoms with Gasteiger partial charge in [0.15, 0.2) is 0 Å². The van der Waals surface area contributed by atoms with Crippen molar-refractivity contribution >= 4 is 19.8 Å². The van der Waals surface area contributed by atoms with E-state index in [0.717, 1.165) is 0 Å². The molecule has 0 aromatic rings. The van der Waals surface area contributed by atoms with Crippen LogP contribution in [-0.2, 0) is 0 Å². The van der Waals surface area contributed by atoms with Crippen molar-refractivity contribution in [2.75, 3.05) is 0 Å². The molecule has 5 heavy (non-hydrogen) atoms. The fraction of sp³-hybridized carbons (Fsp3) is 0.750. The Hall–Kier alpha value is 0.799. The molecule has 0 aromatic heterocycles. The summed E-state index contributed by atoms with van der Waals surface area (Å²) in [5.41, 5.74) is 0. The van der Waals surface area contributed by atoms with E-state index in [-0.39, 0.29) is 0 Å². The van der Waals surface area contributed by atoms with Crippen LogP contribution < -0.4 is 0 Å². The van der Waals surface area contributed by atoms with Gasteiger partial charge in [-0.05, 0) is 0 Å². The molecule has 0 amide bonds. The van der Waals surface area contributed by atoms with E-state index in [9.17, 15) is 0 Å². The maximum absolute atomic E-state index is 3.78. The molecule has 0 aromatic carbocycles. The Balaban J connectivity index is 2.54. The zero-order chi connectivity index (χ0) is 4.28. The summed E-state index contributed by atoms with van der Waals surface area (Å²) >= 11 is -0.790. The van der Waals surface area contributed by atoms with Gasteiger partial charge in [-0.1, -0.05) is 0 Å². The van der Waals surface area contributed by atoms with Gasteiger partial charge in [-0.25, -0.2) is 0 Å². The van der Waals surface area contributed by atoms with E-state index in [1.807, 2.05) is 0 Å². The van der Waals surface area contributed by atoms with Crippen LogP contribution in [0, 0.1) is 6.92 Å². The van der Waals surface area contributed by atoms with Gasteiger partial charge < -0.3 is 0 Å².